The third kappa shape index (κ3) is 3.81. The van der Waals surface area contributed by atoms with Gasteiger partial charge in [0.25, 0.3) is 0 Å². The molecule has 1 aromatic heterocycles. The third-order valence-electron chi connectivity index (χ3n) is 4.65. The fourth-order valence-electron chi connectivity index (χ4n) is 3.36. The van der Waals surface area contributed by atoms with Crippen molar-refractivity contribution in [2.24, 2.45) is 7.05 Å². The van der Waals surface area contributed by atoms with Crippen LogP contribution in [0.3, 0.4) is 0 Å². The standard InChI is InChI=1S/C21H26N2.ClH/c1-3-4-5-6-11-16-22-21-17-12-7-9-14-19(17)23(2)20-15-10-8-13-18(20)21;/h7-10,12-15H,3-6,11,16H2,1-2H3;1H. The fourth-order valence-corrected chi connectivity index (χ4v) is 3.36. The van der Waals surface area contributed by atoms with Gasteiger partial charge in [0.15, 0.2) is 0 Å². The Morgan fingerprint density at radius 3 is 1.92 bits per heavy atom. The van der Waals surface area contributed by atoms with E-state index < -0.39 is 0 Å². The van der Waals surface area contributed by atoms with Gasteiger partial charge in [-0.15, -0.1) is 0 Å². The monoisotopic (exact) mass is 342 g/mol. The van der Waals surface area contributed by atoms with Crippen molar-refractivity contribution >= 4 is 27.5 Å². The van der Waals surface area contributed by atoms with E-state index in [4.69, 9.17) is 0 Å². The molecule has 2 aromatic carbocycles. The summed E-state index contributed by atoms with van der Waals surface area (Å²) in [6.45, 7) is 3.31. The van der Waals surface area contributed by atoms with Gasteiger partial charge in [0.1, 0.15) is 7.05 Å². The third-order valence-corrected chi connectivity index (χ3v) is 4.65. The Bertz CT molecular complexity index is 741. The number of pyridine rings is 1. The molecular formula is C21H27ClN2. The molecule has 0 unspecified atom stereocenters. The van der Waals surface area contributed by atoms with Gasteiger partial charge in [-0.05, 0) is 18.6 Å². The van der Waals surface area contributed by atoms with E-state index in [1.54, 1.807) is 0 Å². The summed E-state index contributed by atoms with van der Waals surface area (Å²) in [5, 5.41) is 6.34. The second-order valence-corrected chi connectivity index (χ2v) is 6.31. The molecule has 3 aromatic rings. The topological polar surface area (TPSA) is 15.9 Å². The molecule has 1 heterocycles. The van der Waals surface area contributed by atoms with Crippen molar-refractivity contribution in [3.63, 3.8) is 0 Å². The van der Waals surface area contributed by atoms with Crippen LogP contribution in [0.1, 0.15) is 39.0 Å². The highest BCUT2D eigenvalue weighted by molar-refractivity contribution is 6.04. The molecule has 0 amide bonds. The second kappa shape index (κ2) is 8.89. The van der Waals surface area contributed by atoms with Gasteiger partial charge in [0.05, 0.1) is 16.5 Å². The Morgan fingerprint density at radius 1 is 0.792 bits per heavy atom. The molecule has 0 atom stereocenters. The van der Waals surface area contributed by atoms with Crippen molar-refractivity contribution in [3.8, 4) is 0 Å². The first-order chi connectivity index (χ1) is 11.3. The second-order valence-electron chi connectivity index (χ2n) is 6.31. The van der Waals surface area contributed by atoms with E-state index in [1.165, 1.54) is 59.6 Å². The molecule has 0 fully saturated rings. The van der Waals surface area contributed by atoms with E-state index in [2.05, 4.69) is 72.4 Å². The molecular weight excluding hydrogens is 316 g/mol. The molecule has 0 saturated heterocycles. The Hall–Kier alpha value is -1.80. The number of anilines is 1. The van der Waals surface area contributed by atoms with Crippen molar-refractivity contribution in [3.05, 3.63) is 48.5 Å². The fraction of sp³-hybridized carbons (Fsp3) is 0.381. The van der Waals surface area contributed by atoms with Gasteiger partial charge in [0, 0.05) is 18.7 Å². The summed E-state index contributed by atoms with van der Waals surface area (Å²) in [5.41, 5.74) is 3.84. The van der Waals surface area contributed by atoms with Crippen LogP contribution in [0.5, 0.6) is 0 Å². The van der Waals surface area contributed by atoms with Crippen molar-refractivity contribution in [1.82, 2.24) is 0 Å². The molecule has 3 rings (SSSR count). The van der Waals surface area contributed by atoms with Crippen LogP contribution in [0.25, 0.3) is 21.8 Å². The smallest absolute Gasteiger partial charge is 0.214 e. The average Bonchev–Trinajstić information content (AvgIpc) is 2.60. The van der Waals surface area contributed by atoms with E-state index in [0.717, 1.165) is 6.54 Å². The number of aromatic nitrogens is 1. The van der Waals surface area contributed by atoms with Gasteiger partial charge in [-0.2, -0.15) is 4.57 Å². The van der Waals surface area contributed by atoms with Gasteiger partial charge >= 0.3 is 0 Å². The highest BCUT2D eigenvalue weighted by Gasteiger charge is 2.16. The van der Waals surface area contributed by atoms with E-state index >= 15 is 0 Å². The number of hydrogen-bond donors (Lipinski definition) is 1. The maximum Gasteiger partial charge on any atom is 0.214 e. The maximum absolute atomic E-state index is 3.72. The number of benzene rings is 2. The zero-order chi connectivity index (χ0) is 16.1. The molecule has 0 spiro atoms. The number of halogens is 1. The van der Waals surface area contributed by atoms with E-state index in [9.17, 15) is 0 Å². The highest BCUT2D eigenvalue weighted by Crippen LogP contribution is 2.29. The van der Waals surface area contributed by atoms with Gasteiger partial charge in [-0.3, -0.25) is 0 Å². The van der Waals surface area contributed by atoms with Crippen molar-refractivity contribution in [1.29, 1.82) is 0 Å². The van der Waals surface area contributed by atoms with Crippen LogP contribution in [-0.4, -0.2) is 6.54 Å². The minimum Gasteiger partial charge on any atom is -1.00 e. The van der Waals surface area contributed by atoms with Crippen LogP contribution >= 0.6 is 0 Å². The van der Waals surface area contributed by atoms with Crippen LogP contribution in [0.4, 0.5) is 5.69 Å². The van der Waals surface area contributed by atoms with Crippen LogP contribution in [0.15, 0.2) is 48.5 Å². The molecule has 0 radical (unpaired) electrons. The summed E-state index contributed by atoms with van der Waals surface area (Å²) in [6.07, 6.45) is 6.56. The normalized spacial score (nSPS) is 10.8. The Labute approximate surface area is 151 Å². The summed E-state index contributed by atoms with van der Waals surface area (Å²) >= 11 is 0. The molecule has 2 nitrogen and oxygen atoms in total. The quantitative estimate of drug-likeness (QED) is 0.395. The van der Waals surface area contributed by atoms with Crippen LogP contribution in [0.2, 0.25) is 0 Å². The SMILES string of the molecule is CCCCCCCNc1c2ccccc2[n+](C)c2ccccc12.[Cl-]. The maximum atomic E-state index is 3.72. The van der Waals surface area contributed by atoms with Gasteiger partial charge < -0.3 is 17.7 Å². The molecule has 24 heavy (non-hydrogen) atoms. The Kier molecular flexibility index (Phi) is 6.86. The Morgan fingerprint density at radius 2 is 1.33 bits per heavy atom. The number of nitrogens with one attached hydrogen (secondary N) is 1. The molecule has 0 aliphatic carbocycles. The number of unbranched alkanes of at least 4 members (excludes halogenated alkanes) is 4. The van der Waals surface area contributed by atoms with Gasteiger partial charge in [0.2, 0.25) is 11.0 Å². The van der Waals surface area contributed by atoms with Crippen LogP contribution in [-0.2, 0) is 7.05 Å². The molecule has 0 aliphatic heterocycles. The first kappa shape index (κ1) is 18.5. The lowest BCUT2D eigenvalue weighted by atomic mass is 10.1. The molecule has 0 bridgehead atoms. The lowest BCUT2D eigenvalue weighted by Crippen LogP contribution is -3.00. The zero-order valence-corrected chi connectivity index (χ0v) is 15.4. The minimum absolute atomic E-state index is 0. The Balaban J connectivity index is 0.00000208. The molecule has 0 saturated carbocycles. The van der Waals surface area contributed by atoms with Crippen LogP contribution < -0.4 is 22.3 Å². The summed E-state index contributed by atoms with van der Waals surface area (Å²) in [7, 11) is 2.15. The van der Waals surface area contributed by atoms with Gasteiger partial charge in [-0.1, -0.05) is 56.9 Å². The van der Waals surface area contributed by atoms with E-state index in [1.807, 2.05) is 0 Å². The number of hydrogen-bond acceptors (Lipinski definition) is 1. The van der Waals surface area contributed by atoms with Crippen molar-refractivity contribution < 1.29 is 17.0 Å². The summed E-state index contributed by atoms with van der Waals surface area (Å²) in [6, 6.07) is 17.3. The van der Waals surface area contributed by atoms with Crippen LogP contribution in [0, 0.1) is 0 Å². The predicted molar refractivity (Wildman–Crippen MR) is 99.9 cm³/mol. The van der Waals surface area contributed by atoms with E-state index in [-0.39, 0.29) is 12.4 Å². The van der Waals surface area contributed by atoms with Crippen molar-refractivity contribution in [2.75, 3.05) is 11.9 Å². The summed E-state index contributed by atoms with van der Waals surface area (Å²) < 4.78 is 2.29. The first-order valence-electron chi connectivity index (χ1n) is 8.86. The molecule has 3 heteroatoms. The molecule has 128 valence electrons. The number of fused-ring (bicyclic) bond motifs is 2. The molecule has 0 aliphatic rings. The van der Waals surface area contributed by atoms with E-state index in [0.29, 0.717) is 0 Å². The number of rotatable bonds is 7. The lowest BCUT2D eigenvalue weighted by molar-refractivity contribution is -0.617. The predicted octanol–water partition coefficient (Wildman–Crippen LogP) is 2.20. The van der Waals surface area contributed by atoms with Crippen molar-refractivity contribution in [2.45, 2.75) is 39.0 Å². The number of aryl methyl sites for hydroxylation is 1. The lowest BCUT2D eigenvalue weighted by Gasteiger charge is -2.12. The highest BCUT2D eigenvalue weighted by atomic mass is 35.5. The number of para-hydroxylation sites is 2. The number of nitrogens with zero attached hydrogens (tertiary/aromatic N) is 1. The largest absolute Gasteiger partial charge is 1.00 e. The minimum atomic E-state index is 0. The zero-order valence-electron chi connectivity index (χ0n) is 14.7. The average molecular weight is 343 g/mol. The first-order valence-corrected chi connectivity index (χ1v) is 8.86. The summed E-state index contributed by atoms with van der Waals surface area (Å²) in [5.74, 6) is 0. The molecule has 1 N–H and O–H groups in total. The summed E-state index contributed by atoms with van der Waals surface area (Å²) in [4.78, 5) is 0. The van der Waals surface area contributed by atoms with Gasteiger partial charge in [-0.25, -0.2) is 0 Å².